The molecule has 0 saturated carbocycles. The molecule has 1 aliphatic heterocycles. The van der Waals surface area contributed by atoms with E-state index in [0.717, 1.165) is 0 Å². The first-order valence-electron chi connectivity index (χ1n) is 6.60. The van der Waals surface area contributed by atoms with Crippen molar-refractivity contribution in [1.82, 2.24) is 0 Å². The third-order valence-corrected chi connectivity index (χ3v) is 3.17. The van der Waals surface area contributed by atoms with Gasteiger partial charge >= 0.3 is 0 Å². The second kappa shape index (κ2) is 6.80. The van der Waals surface area contributed by atoms with Crippen LogP contribution in [0.4, 0.5) is 4.39 Å². The highest BCUT2D eigenvalue weighted by Crippen LogP contribution is 2.23. The number of nitriles is 1. The van der Waals surface area contributed by atoms with E-state index in [0.29, 0.717) is 31.6 Å². The van der Waals surface area contributed by atoms with Crippen LogP contribution < -0.4 is 0 Å². The Morgan fingerprint density at radius 1 is 1.40 bits per heavy atom. The molecular weight excluding hydrogens is 261 g/mol. The maximum atomic E-state index is 13.5. The Hall–Kier alpha value is -1.48. The molecule has 2 rings (SSSR count). The Balaban J connectivity index is 1.82. The second-order valence-corrected chi connectivity index (χ2v) is 5.08. The van der Waals surface area contributed by atoms with E-state index in [9.17, 15) is 4.39 Å². The number of hydrogen-bond donors (Lipinski definition) is 0. The minimum Gasteiger partial charge on any atom is -0.366 e. The lowest BCUT2D eigenvalue weighted by Crippen LogP contribution is -2.47. The number of halogens is 1. The molecule has 0 N–H and O–H groups in total. The molecule has 0 atom stereocenters. The van der Waals surface area contributed by atoms with Gasteiger partial charge in [0.2, 0.25) is 0 Å². The van der Waals surface area contributed by atoms with Crippen molar-refractivity contribution in [3.8, 4) is 6.07 Å². The summed E-state index contributed by atoms with van der Waals surface area (Å²) in [6.07, 6.45) is 0.608. The molecular formula is C15H18FNO3. The molecule has 0 aromatic heterocycles. The van der Waals surface area contributed by atoms with Crippen LogP contribution in [-0.4, -0.2) is 25.1 Å². The van der Waals surface area contributed by atoms with Crippen LogP contribution in [0, 0.1) is 17.1 Å². The number of nitrogens with zero attached hydrogens (tertiary/aromatic N) is 1. The van der Waals surface area contributed by atoms with Gasteiger partial charge in [-0.2, -0.15) is 5.26 Å². The Bertz CT molecular complexity index is 478. The first-order chi connectivity index (χ1) is 9.63. The third-order valence-electron chi connectivity index (χ3n) is 3.17. The van der Waals surface area contributed by atoms with Gasteiger partial charge in [-0.05, 0) is 13.0 Å². The van der Waals surface area contributed by atoms with Gasteiger partial charge in [0.1, 0.15) is 11.4 Å². The smallest absolute Gasteiger partial charge is 0.158 e. The Morgan fingerprint density at radius 3 is 2.75 bits per heavy atom. The molecule has 0 amide bonds. The van der Waals surface area contributed by atoms with Gasteiger partial charge in [0.05, 0.1) is 25.9 Å². The molecule has 0 spiro atoms. The summed E-state index contributed by atoms with van der Waals surface area (Å²) in [5, 5.41) is 8.51. The van der Waals surface area contributed by atoms with Crippen molar-refractivity contribution in [2.75, 3.05) is 13.2 Å². The zero-order chi connectivity index (χ0) is 14.4. The molecule has 1 saturated heterocycles. The van der Waals surface area contributed by atoms with Crippen molar-refractivity contribution in [1.29, 1.82) is 5.26 Å². The van der Waals surface area contributed by atoms with E-state index in [1.165, 1.54) is 6.07 Å². The number of benzene rings is 1. The van der Waals surface area contributed by atoms with Crippen molar-refractivity contribution in [3.05, 3.63) is 35.6 Å². The fraction of sp³-hybridized carbons (Fsp3) is 0.533. The van der Waals surface area contributed by atoms with Crippen LogP contribution in [0.5, 0.6) is 0 Å². The van der Waals surface area contributed by atoms with Crippen LogP contribution in [0.2, 0.25) is 0 Å². The first kappa shape index (κ1) is 14.9. The van der Waals surface area contributed by atoms with Gasteiger partial charge in [0.15, 0.2) is 6.29 Å². The van der Waals surface area contributed by atoms with Crippen LogP contribution in [0.25, 0.3) is 0 Å². The molecule has 20 heavy (non-hydrogen) atoms. The second-order valence-electron chi connectivity index (χ2n) is 5.08. The van der Waals surface area contributed by atoms with Gasteiger partial charge in [0.25, 0.3) is 0 Å². The molecule has 1 heterocycles. The van der Waals surface area contributed by atoms with Gasteiger partial charge in [-0.15, -0.1) is 0 Å². The summed E-state index contributed by atoms with van der Waals surface area (Å²) >= 11 is 0. The quantitative estimate of drug-likeness (QED) is 0.831. The molecule has 4 nitrogen and oxygen atoms in total. The van der Waals surface area contributed by atoms with Crippen molar-refractivity contribution in [2.24, 2.45) is 0 Å². The summed E-state index contributed by atoms with van der Waals surface area (Å²) in [5.41, 5.74) is -0.0776. The van der Waals surface area contributed by atoms with Crippen LogP contribution in [-0.2, 0) is 20.8 Å². The third kappa shape index (κ3) is 4.01. The van der Waals surface area contributed by atoms with Gasteiger partial charge in [-0.1, -0.05) is 18.2 Å². The lowest BCUT2D eigenvalue weighted by atomic mass is 10.1. The molecule has 0 radical (unpaired) electrons. The average Bonchev–Trinajstić information content (AvgIpc) is 2.46. The molecule has 1 aromatic carbocycles. The lowest BCUT2D eigenvalue weighted by Gasteiger charge is -2.37. The zero-order valence-corrected chi connectivity index (χ0v) is 11.5. The highest BCUT2D eigenvalue weighted by molar-refractivity contribution is 5.16. The van der Waals surface area contributed by atoms with E-state index in [1.807, 2.05) is 6.92 Å². The Morgan fingerprint density at radius 2 is 2.10 bits per heavy atom. The van der Waals surface area contributed by atoms with E-state index in [-0.39, 0.29) is 18.7 Å². The molecule has 1 aliphatic rings. The molecule has 0 aliphatic carbocycles. The van der Waals surface area contributed by atoms with Gasteiger partial charge in [-0.3, -0.25) is 0 Å². The summed E-state index contributed by atoms with van der Waals surface area (Å²) in [4.78, 5) is 0. The maximum absolute atomic E-state index is 13.5. The van der Waals surface area contributed by atoms with Crippen LogP contribution >= 0.6 is 0 Å². The highest BCUT2D eigenvalue weighted by Gasteiger charge is 2.33. The lowest BCUT2D eigenvalue weighted by molar-refractivity contribution is -0.264. The Labute approximate surface area is 118 Å². The summed E-state index contributed by atoms with van der Waals surface area (Å²) in [6.45, 7) is 2.79. The number of ether oxygens (including phenoxy) is 3. The summed E-state index contributed by atoms with van der Waals surface area (Å²) in [5.74, 6) is -0.277. The molecule has 0 unspecified atom stereocenters. The van der Waals surface area contributed by atoms with E-state index < -0.39 is 5.60 Å². The fourth-order valence-corrected chi connectivity index (χ4v) is 1.93. The predicted molar refractivity (Wildman–Crippen MR) is 70.1 cm³/mol. The Kier molecular flexibility index (Phi) is 5.07. The standard InChI is InChI=1S/C15H18FNO3/c1-15(10-18-14(19-11-15)7-4-8-17)20-9-12-5-2-3-6-13(12)16/h2-3,5-6,14H,4,7,9-11H2,1H3. The van der Waals surface area contributed by atoms with Crippen molar-refractivity contribution < 1.29 is 18.6 Å². The van der Waals surface area contributed by atoms with Crippen molar-refractivity contribution >= 4 is 0 Å². The SMILES string of the molecule is CC1(OCc2ccccc2F)COC(CCC#N)OC1. The highest BCUT2D eigenvalue weighted by atomic mass is 19.1. The molecule has 5 heteroatoms. The van der Waals surface area contributed by atoms with Gasteiger partial charge in [-0.25, -0.2) is 4.39 Å². The summed E-state index contributed by atoms with van der Waals surface area (Å²) in [6, 6.07) is 8.58. The molecule has 1 fully saturated rings. The minimum absolute atomic E-state index is 0.179. The minimum atomic E-state index is -0.592. The van der Waals surface area contributed by atoms with E-state index in [2.05, 4.69) is 6.07 Å². The van der Waals surface area contributed by atoms with Crippen LogP contribution in [0.15, 0.2) is 24.3 Å². The maximum Gasteiger partial charge on any atom is 0.158 e. The van der Waals surface area contributed by atoms with E-state index in [1.54, 1.807) is 18.2 Å². The monoisotopic (exact) mass is 279 g/mol. The average molecular weight is 279 g/mol. The zero-order valence-electron chi connectivity index (χ0n) is 11.5. The van der Waals surface area contributed by atoms with Crippen molar-refractivity contribution in [3.63, 3.8) is 0 Å². The molecule has 1 aromatic rings. The normalized spacial score (nSPS) is 26.1. The van der Waals surface area contributed by atoms with Crippen LogP contribution in [0.1, 0.15) is 25.3 Å². The van der Waals surface area contributed by atoms with Crippen LogP contribution in [0.3, 0.4) is 0 Å². The first-order valence-corrected chi connectivity index (χ1v) is 6.60. The largest absolute Gasteiger partial charge is 0.366 e. The predicted octanol–water partition coefficient (Wildman–Crippen LogP) is 2.78. The van der Waals surface area contributed by atoms with E-state index in [4.69, 9.17) is 19.5 Å². The van der Waals surface area contributed by atoms with Gasteiger partial charge in [0, 0.05) is 18.4 Å². The topological polar surface area (TPSA) is 51.5 Å². The molecule has 108 valence electrons. The molecule has 0 bridgehead atoms. The summed E-state index contributed by atoms with van der Waals surface area (Å²) < 4.78 is 30.3. The van der Waals surface area contributed by atoms with E-state index >= 15 is 0 Å². The van der Waals surface area contributed by atoms with Gasteiger partial charge < -0.3 is 14.2 Å². The summed E-state index contributed by atoms with van der Waals surface area (Å²) in [7, 11) is 0. The number of hydrogen-bond acceptors (Lipinski definition) is 4. The fourth-order valence-electron chi connectivity index (χ4n) is 1.93. The number of rotatable bonds is 5. The van der Waals surface area contributed by atoms with Crippen molar-refractivity contribution in [2.45, 2.75) is 38.3 Å².